The van der Waals surface area contributed by atoms with Crippen LogP contribution in [0.4, 0.5) is 5.82 Å². The van der Waals surface area contributed by atoms with E-state index in [0.717, 1.165) is 35.7 Å². The monoisotopic (exact) mass is 303 g/mol. The fraction of sp³-hybridized carbons (Fsp3) is 0.500. The van der Waals surface area contributed by atoms with Gasteiger partial charge in [-0.25, -0.2) is 4.98 Å². The number of H-pyrrole nitrogens is 1. The van der Waals surface area contributed by atoms with Crippen LogP contribution in [0.3, 0.4) is 0 Å². The van der Waals surface area contributed by atoms with Crippen LogP contribution in [0.2, 0.25) is 0 Å². The summed E-state index contributed by atoms with van der Waals surface area (Å²) in [6.07, 6.45) is 2.71. The molecule has 2 aromatic rings. The Morgan fingerprint density at radius 3 is 2.90 bits per heavy atom. The van der Waals surface area contributed by atoms with Crippen molar-refractivity contribution < 1.29 is 4.90 Å². The number of benzene rings is 1. The summed E-state index contributed by atoms with van der Waals surface area (Å²) >= 11 is 5.20. The van der Waals surface area contributed by atoms with Crippen molar-refractivity contribution in [3.8, 4) is 0 Å². The minimum atomic E-state index is 0.537. The Balaban J connectivity index is 1.64. The van der Waals surface area contributed by atoms with Crippen molar-refractivity contribution in [2.75, 3.05) is 31.5 Å². The van der Waals surface area contributed by atoms with Gasteiger partial charge in [-0.15, -0.1) is 0 Å². The molecular weight excluding hydrogens is 280 g/mol. The average Bonchev–Trinajstić information content (AvgIpc) is 2.49. The molecule has 0 bridgehead atoms. The molecule has 0 atom stereocenters. The second-order valence-corrected chi connectivity index (χ2v) is 6.43. The van der Waals surface area contributed by atoms with E-state index >= 15 is 0 Å². The lowest BCUT2D eigenvalue weighted by molar-refractivity contribution is -0.904. The molecule has 1 fully saturated rings. The largest absolute Gasteiger partial charge is 0.364 e. The van der Waals surface area contributed by atoms with Gasteiger partial charge in [0.25, 0.3) is 0 Å². The Morgan fingerprint density at radius 2 is 2.10 bits per heavy atom. The number of hydrogen-bond donors (Lipinski definition) is 3. The summed E-state index contributed by atoms with van der Waals surface area (Å²) < 4.78 is 0.537. The normalized spacial score (nSPS) is 22.3. The maximum Gasteiger partial charge on any atom is 0.199 e. The van der Waals surface area contributed by atoms with E-state index in [1.165, 1.54) is 25.9 Å². The molecule has 3 rings (SSSR count). The third-order valence-corrected chi connectivity index (χ3v) is 4.58. The van der Waals surface area contributed by atoms with Crippen LogP contribution in [0.1, 0.15) is 19.8 Å². The van der Waals surface area contributed by atoms with Crippen molar-refractivity contribution in [1.29, 1.82) is 0 Å². The number of rotatable bonds is 4. The van der Waals surface area contributed by atoms with Crippen LogP contribution in [0.25, 0.3) is 10.9 Å². The molecule has 1 saturated heterocycles. The van der Waals surface area contributed by atoms with Crippen LogP contribution in [0.5, 0.6) is 0 Å². The molecule has 0 radical (unpaired) electrons. The molecule has 0 aliphatic carbocycles. The van der Waals surface area contributed by atoms with E-state index in [9.17, 15) is 0 Å². The number of aromatic amines is 1. The van der Waals surface area contributed by atoms with Crippen LogP contribution >= 0.6 is 12.2 Å². The number of nitrogens with zero attached hydrogens (tertiary/aromatic N) is 1. The number of fused-ring (bicyclic) bond motifs is 1. The van der Waals surface area contributed by atoms with E-state index in [-0.39, 0.29) is 0 Å². The van der Waals surface area contributed by atoms with E-state index in [4.69, 9.17) is 12.2 Å². The number of quaternary nitrogens is 1. The maximum atomic E-state index is 5.20. The highest BCUT2D eigenvalue weighted by atomic mass is 32.1. The zero-order chi connectivity index (χ0) is 14.7. The Morgan fingerprint density at radius 1 is 1.33 bits per heavy atom. The molecule has 2 heterocycles. The van der Waals surface area contributed by atoms with Crippen molar-refractivity contribution in [1.82, 2.24) is 9.97 Å². The van der Waals surface area contributed by atoms with Gasteiger partial charge >= 0.3 is 0 Å². The third-order valence-electron chi connectivity index (χ3n) is 4.39. The first-order valence-electron chi connectivity index (χ1n) is 7.79. The fourth-order valence-corrected chi connectivity index (χ4v) is 3.22. The topological polar surface area (TPSA) is 45.1 Å². The van der Waals surface area contributed by atoms with Crippen molar-refractivity contribution in [3.63, 3.8) is 0 Å². The van der Waals surface area contributed by atoms with Crippen LogP contribution in [-0.4, -0.2) is 36.1 Å². The van der Waals surface area contributed by atoms with Crippen molar-refractivity contribution in [2.45, 2.75) is 19.8 Å². The summed E-state index contributed by atoms with van der Waals surface area (Å²) in [6, 6.07) is 8.15. The molecule has 1 aromatic carbocycles. The number of aromatic nitrogens is 2. The smallest absolute Gasteiger partial charge is 0.199 e. The maximum absolute atomic E-state index is 5.20. The standard InChI is InChI=1S/C16H22N4S/c1-12-6-9-20(10-7-12)11-8-17-15-13-4-2-3-5-14(13)18-16(21)19-15/h2-5,12H,6-11H2,1H3,(H2,17,18,19,21)/p+1. The fourth-order valence-electron chi connectivity index (χ4n) is 3.02. The van der Waals surface area contributed by atoms with Gasteiger partial charge in [0.1, 0.15) is 5.82 Å². The highest BCUT2D eigenvalue weighted by Gasteiger charge is 2.18. The third kappa shape index (κ3) is 3.60. The lowest BCUT2D eigenvalue weighted by Crippen LogP contribution is -3.13. The molecule has 21 heavy (non-hydrogen) atoms. The molecule has 1 aliphatic rings. The van der Waals surface area contributed by atoms with Crippen molar-refractivity contribution in [3.05, 3.63) is 29.0 Å². The first-order valence-corrected chi connectivity index (χ1v) is 8.19. The number of anilines is 1. The second kappa shape index (κ2) is 6.54. The molecule has 112 valence electrons. The first-order chi connectivity index (χ1) is 10.2. The van der Waals surface area contributed by atoms with Crippen LogP contribution in [0.15, 0.2) is 24.3 Å². The minimum absolute atomic E-state index is 0.537. The zero-order valence-corrected chi connectivity index (χ0v) is 13.3. The van der Waals surface area contributed by atoms with Crippen molar-refractivity contribution >= 4 is 28.9 Å². The molecule has 1 aliphatic heterocycles. The van der Waals surface area contributed by atoms with E-state index in [2.05, 4.69) is 28.3 Å². The number of para-hydroxylation sites is 1. The Labute approximate surface area is 130 Å². The number of nitrogens with one attached hydrogen (secondary N) is 3. The van der Waals surface area contributed by atoms with Gasteiger partial charge in [-0.2, -0.15) is 0 Å². The van der Waals surface area contributed by atoms with Crippen LogP contribution in [-0.2, 0) is 0 Å². The Kier molecular flexibility index (Phi) is 4.51. The quantitative estimate of drug-likeness (QED) is 0.757. The molecular formula is C16H23N4S+. The van der Waals surface area contributed by atoms with Crippen molar-refractivity contribution in [2.24, 2.45) is 5.92 Å². The minimum Gasteiger partial charge on any atom is -0.364 e. The van der Waals surface area contributed by atoms with E-state index in [0.29, 0.717) is 4.77 Å². The Bertz CT molecular complexity index is 659. The van der Waals surface area contributed by atoms with E-state index in [1.807, 2.05) is 18.2 Å². The van der Waals surface area contributed by atoms with Gasteiger partial charge in [-0.05, 0) is 43.1 Å². The number of hydrogen-bond acceptors (Lipinski definition) is 3. The van der Waals surface area contributed by atoms with Gasteiger partial charge in [0.05, 0.1) is 31.7 Å². The summed E-state index contributed by atoms with van der Waals surface area (Å²) in [5, 5.41) is 4.57. The molecule has 4 nitrogen and oxygen atoms in total. The molecule has 0 saturated carbocycles. The average molecular weight is 303 g/mol. The first kappa shape index (κ1) is 14.5. The van der Waals surface area contributed by atoms with Gasteiger partial charge in [0.2, 0.25) is 0 Å². The summed E-state index contributed by atoms with van der Waals surface area (Å²) in [7, 11) is 0. The molecule has 5 heteroatoms. The molecule has 0 amide bonds. The van der Waals surface area contributed by atoms with Gasteiger partial charge in [-0.1, -0.05) is 19.1 Å². The predicted molar refractivity (Wildman–Crippen MR) is 89.4 cm³/mol. The second-order valence-electron chi connectivity index (χ2n) is 6.05. The number of likely N-dealkylation sites (tertiary alicyclic amines) is 1. The van der Waals surface area contributed by atoms with Gasteiger partial charge in [-0.3, -0.25) is 0 Å². The van der Waals surface area contributed by atoms with Gasteiger partial charge in [0.15, 0.2) is 4.77 Å². The van der Waals surface area contributed by atoms with Gasteiger partial charge in [0, 0.05) is 5.39 Å². The predicted octanol–water partition coefficient (Wildman–Crippen LogP) is 2.02. The lowest BCUT2D eigenvalue weighted by atomic mass is 9.99. The molecule has 3 N–H and O–H groups in total. The van der Waals surface area contributed by atoms with E-state index < -0.39 is 0 Å². The highest BCUT2D eigenvalue weighted by molar-refractivity contribution is 7.71. The summed E-state index contributed by atoms with van der Waals surface area (Å²) in [4.78, 5) is 9.27. The molecule has 0 spiro atoms. The number of piperidine rings is 1. The van der Waals surface area contributed by atoms with Crippen LogP contribution in [0, 0.1) is 10.7 Å². The molecule has 1 aromatic heterocycles. The highest BCUT2D eigenvalue weighted by Crippen LogP contribution is 2.18. The summed E-state index contributed by atoms with van der Waals surface area (Å²) in [5.41, 5.74) is 1.04. The molecule has 0 unspecified atom stereocenters. The summed E-state index contributed by atoms with van der Waals surface area (Å²) in [5.74, 6) is 1.80. The summed E-state index contributed by atoms with van der Waals surface area (Å²) in [6.45, 7) is 7.04. The zero-order valence-electron chi connectivity index (χ0n) is 12.5. The SMILES string of the molecule is CC1CC[NH+](CCNc2nc(=S)[nH]c3ccccc23)CC1. The Hall–Kier alpha value is -1.46. The van der Waals surface area contributed by atoms with E-state index in [1.54, 1.807) is 4.90 Å². The van der Waals surface area contributed by atoms with Gasteiger partial charge < -0.3 is 15.2 Å². The lowest BCUT2D eigenvalue weighted by Gasteiger charge is -2.27. The van der Waals surface area contributed by atoms with Crippen LogP contribution < -0.4 is 10.2 Å².